The van der Waals surface area contributed by atoms with Crippen LogP contribution in [0.15, 0.2) is 18.2 Å². The topological polar surface area (TPSA) is 35.6 Å². The number of hydrogen-bond donors (Lipinski definition) is 1. The molecule has 0 aromatic heterocycles. The van der Waals surface area contributed by atoms with Crippen LogP contribution in [0.5, 0.6) is 0 Å². The minimum Gasteiger partial charge on any atom is -0.369 e. The summed E-state index contributed by atoms with van der Waals surface area (Å²) in [6, 6.07) is 5.08. The third kappa shape index (κ3) is 2.88. The molecule has 3 rings (SSSR count). The summed E-state index contributed by atoms with van der Waals surface area (Å²) in [5.74, 6) is -0.392. The second kappa shape index (κ2) is 6.02. The van der Waals surface area contributed by atoms with Crippen LogP contribution in [-0.2, 0) is 0 Å². The largest absolute Gasteiger partial charge is 0.369 e. The molecule has 1 N–H and O–H groups in total. The number of benzene rings is 1. The van der Waals surface area contributed by atoms with Gasteiger partial charge >= 0.3 is 0 Å². The summed E-state index contributed by atoms with van der Waals surface area (Å²) in [6.07, 6.45) is 3.17. The fourth-order valence-electron chi connectivity index (χ4n) is 3.19. The Labute approximate surface area is 124 Å². The number of nitrogens with one attached hydrogen (secondary N) is 1. The molecule has 0 unspecified atom stereocenters. The Hall–Kier alpha value is -1.62. The van der Waals surface area contributed by atoms with E-state index in [9.17, 15) is 9.18 Å². The minimum absolute atomic E-state index is 0.101. The first-order chi connectivity index (χ1) is 10.2. The number of hydrogen-bond acceptors (Lipinski definition) is 3. The molecular weight excluding hydrogens is 269 g/mol. The lowest BCUT2D eigenvalue weighted by Gasteiger charge is -2.24. The monoisotopic (exact) mass is 291 g/mol. The van der Waals surface area contributed by atoms with E-state index in [1.165, 1.54) is 6.07 Å². The van der Waals surface area contributed by atoms with E-state index in [1.807, 2.05) is 4.90 Å². The molecule has 114 valence electrons. The Kier molecular flexibility index (Phi) is 4.10. The molecule has 0 aliphatic carbocycles. The molecule has 0 radical (unpaired) electrons. The van der Waals surface area contributed by atoms with Crippen molar-refractivity contribution in [2.45, 2.75) is 25.3 Å². The smallest absolute Gasteiger partial charge is 0.253 e. The number of rotatable bonds is 3. The molecule has 1 aromatic carbocycles. The van der Waals surface area contributed by atoms with Crippen LogP contribution in [-0.4, -0.2) is 50.1 Å². The van der Waals surface area contributed by atoms with Gasteiger partial charge in [-0.3, -0.25) is 4.79 Å². The van der Waals surface area contributed by atoms with E-state index >= 15 is 0 Å². The number of nitrogens with zero attached hydrogens (tertiary/aromatic N) is 2. The van der Waals surface area contributed by atoms with Crippen molar-refractivity contribution in [1.82, 2.24) is 10.2 Å². The summed E-state index contributed by atoms with van der Waals surface area (Å²) in [7, 11) is 1.80. The molecule has 1 amide bonds. The molecule has 4 nitrogen and oxygen atoms in total. The van der Waals surface area contributed by atoms with E-state index in [0.29, 0.717) is 11.3 Å². The van der Waals surface area contributed by atoms with Crippen LogP contribution in [0.25, 0.3) is 0 Å². The van der Waals surface area contributed by atoms with E-state index in [0.717, 1.165) is 45.4 Å². The van der Waals surface area contributed by atoms with Gasteiger partial charge in [0.25, 0.3) is 5.91 Å². The number of halogens is 1. The highest BCUT2D eigenvalue weighted by atomic mass is 19.1. The number of anilines is 1. The zero-order valence-electron chi connectivity index (χ0n) is 12.4. The average molecular weight is 291 g/mol. The Bertz CT molecular complexity index is 522. The number of carbonyl (C=O) groups excluding carboxylic acids is 1. The maximum atomic E-state index is 14.3. The van der Waals surface area contributed by atoms with Crippen LogP contribution < -0.4 is 10.2 Å². The van der Waals surface area contributed by atoms with Crippen molar-refractivity contribution in [2.24, 2.45) is 0 Å². The zero-order valence-corrected chi connectivity index (χ0v) is 12.4. The molecule has 0 saturated carbocycles. The lowest BCUT2D eigenvalue weighted by Crippen LogP contribution is -2.38. The summed E-state index contributed by atoms with van der Waals surface area (Å²) < 4.78 is 14.3. The van der Waals surface area contributed by atoms with Gasteiger partial charge in [-0.2, -0.15) is 0 Å². The lowest BCUT2D eigenvalue weighted by atomic mass is 10.1. The first-order valence-corrected chi connectivity index (χ1v) is 7.69. The van der Waals surface area contributed by atoms with Crippen molar-refractivity contribution in [1.29, 1.82) is 0 Å². The van der Waals surface area contributed by atoms with Gasteiger partial charge in [0, 0.05) is 38.3 Å². The van der Waals surface area contributed by atoms with Crippen LogP contribution in [0.2, 0.25) is 0 Å². The van der Waals surface area contributed by atoms with Crippen molar-refractivity contribution < 1.29 is 9.18 Å². The van der Waals surface area contributed by atoms with Gasteiger partial charge < -0.3 is 15.1 Å². The van der Waals surface area contributed by atoms with E-state index in [1.54, 1.807) is 24.1 Å². The Morgan fingerprint density at radius 2 is 2.14 bits per heavy atom. The summed E-state index contributed by atoms with van der Waals surface area (Å²) in [5, 5.41) is 3.24. The molecule has 21 heavy (non-hydrogen) atoms. The molecule has 2 aliphatic rings. The number of carbonyl (C=O) groups is 1. The normalized spacial score (nSPS) is 21.8. The Morgan fingerprint density at radius 3 is 2.76 bits per heavy atom. The van der Waals surface area contributed by atoms with Gasteiger partial charge in [0.1, 0.15) is 5.82 Å². The molecule has 0 bridgehead atoms. The van der Waals surface area contributed by atoms with E-state index in [-0.39, 0.29) is 17.8 Å². The van der Waals surface area contributed by atoms with Crippen LogP contribution in [0.3, 0.4) is 0 Å². The van der Waals surface area contributed by atoms with Gasteiger partial charge in [0.2, 0.25) is 0 Å². The Balaban J connectivity index is 1.76. The van der Waals surface area contributed by atoms with Gasteiger partial charge in [0.15, 0.2) is 0 Å². The molecule has 1 aromatic rings. The van der Waals surface area contributed by atoms with E-state index in [2.05, 4.69) is 5.32 Å². The van der Waals surface area contributed by atoms with Crippen LogP contribution >= 0.6 is 0 Å². The van der Waals surface area contributed by atoms with Crippen LogP contribution in [0, 0.1) is 5.82 Å². The van der Waals surface area contributed by atoms with E-state index < -0.39 is 0 Å². The van der Waals surface area contributed by atoms with Gasteiger partial charge in [-0.25, -0.2) is 4.39 Å². The zero-order chi connectivity index (χ0) is 14.8. The molecule has 2 fully saturated rings. The van der Waals surface area contributed by atoms with Crippen LogP contribution in [0.4, 0.5) is 10.1 Å². The quantitative estimate of drug-likeness (QED) is 0.923. The third-order valence-electron chi connectivity index (χ3n) is 4.54. The second-order valence-electron chi connectivity index (χ2n) is 5.92. The summed E-state index contributed by atoms with van der Waals surface area (Å²) in [6.45, 7) is 3.55. The van der Waals surface area contributed by atoms with Gasteiger partial charge in [-0.05, 0) is 44.0 Å². The van der Waals surface area contributed by atoms with Crippen molar-refractivity contribution in [3.8, 4) is 0 Å². The van der Waals surface area contributed by atoms with Crippen molar-refractivity contribution in [3.63, 3.8) is 0 Å². The standard InChI is InChI=1S/C16H22FN3O/c1-19(13-6-7-18-11-13)16(21)12-4-5-15(14(17)10-12)20-8-2-3-9-20/h4-5,10,13,18H,2-3,6-9,11H2,1H3/t13-/m1/s1. The van der Waals surface area contributed by atoms with Crippen molar-refractivity contribution >= 4 is 11.6 Å². The highest BCUT2D eigenvalue weighted by Crippen LogP contribution is 2.25. The first kappa shape index (κ1) is 14.3. The van der Waals surface area contributed by atoms with Gasteiger partial charge in [0.05, 0.1) is 5.69 Å². The average Bonchev–Trinajstić information content (AvgIpc) is 3.18. The van der Waals surface area contributed by atoms with Crippen molar-refractivity contribution in [2.75, 3.05) is 38.1 Å². The fourth-order valence-corrected chi connectivity index (χ4v) is 3.19. The van der Waals surface area contributed by atoms with Crippen LogP contribution in [0.1, 0.15) is 29.6 Å². The molecule has 2 saturated heterocycles. The molecule has 5 heteroatoms. The predicted octanol–water partition coefficient (Wildman–Crippen LogP) is 1.86. The maximum absolute atomic E-state index is 14.3. The molecule has 2 aliphatic heterocycles. The fraction of sp³-hybridized carbons (Fsp3) is 0.562. The second-order valence-corrected chi connectivity index (χ2v) is 5.92. The van der Waals surface area contributed by atoms with Gasteiger partial charge in [-0.15, -0.1) is 0 Å². The Morgan fingerprint density at radius 1 is 1.38 bits per heavy atom. The summed E-state index contributed by atoms with van der Waals surface area (Å²) >= 11 is 0. The first-order valence-electron chi connectivity index (χ1n) is 7.69. The molecule has 2 heterocycles. The predicted molar refractivity (Wildman–Crippen MR) is 81.2 cm³/mol. The maximum Gasteiger partial charge on any atom is 0.253 e. The number of likely N-dealkylation sites (N-methyl/N-ethyl adjacent to an activating group) is 1. The molecule has 0 spiro atoms. The minimum atomic E-state index is -0.291. The highest BCUT2D eigenvalue weighted by Gasteiger charge is 2.25. The SMILES string of the molecule is CN(C(=O)c1ccc(N2CCCC2)c(F)c1)[C@@H]1CCNC1. The molecular formula is C16H22FN3O. The molecule has 1 atom stereocenters. The summed E-state index contributed by atoms with van der Waals surface area (Å²) in [5.41, 5.74) is 1.05. The number of amides is 1. The van der Waals surface area contributed by atoms with Gasteiger partial charge in [-0.1, -0.05) is 0 Å². The third-order valence-corrected chi connectivity index (χ3v) is 4.54. The summed E-state index contributed by atoms with van der Waals surface area (Å²) in [4.78, 5) is 16.2. The van der Waals surface area contributed by atoms with E-state index in [4.69, 9.17) is 0 Å². The van der Waals surface area contributed by atoms with Crippen molar-refractivity contribution in [3.05, 3.63) is 29.6 Å². The highest BCUT2D eigenvalue weighted by molar-refractivity contribution is 5.94. The lowest BCUT2D eigenvalue weighted by molar-refractivity contribution is 0.0743.